The Morgan fingerprint density at radius 1 is 1.36 bits per heavy atom. The summed E-state index contributed by atoms with van der Waals surface area (Å²) in [4.78, 5) is 26.7. The first kappa shape index (κ1) is 15.1. The smallest absolute Gasteiger partial charge is 0.255 e. The molecule has 3 rings (SSSR count). The predicted molar refractivity (Wildman–Crippen MR) is 88.1 cm³/mol. The van der Waals surface area contributed by atoms with Gasteiger partial charge in [0.15, 0.2) is 0 Å². The van der Waals surface area contributed by atoms with Crippen LogP contribution in [0.15, 0.2) is 29.2 Å². The van der Waals surface area contributed by atoms with E-state index in [4.69, 9.17) is 17.3 Å². The van der Waals surface area contributed by atoms with Crippen molar-refractivity contribution in [1.29, 1.82) is 0 Å². The zero-order valence-corrected chi connectivity index (χ0v) is 12.8. The molecule has 1 fully saturated rings. The zero-order valence-electron chi connectivity index (χ0n) is 12.1. The van der Waals surface area contributed by atoms with Gasteiger partial charge < -0.3 is 16.0 Å². The van der Waals surface area contributed by atoms with Gasteiger partial charge in [-0.3, -0.25) is 9.59 Å². The predicted octanol–water partition coefficient (Wildman–Crippen LogP) is 2.64. The summed E-state index contributed by atoms with van der Waals surface area (Å²) >= 11 is 6.19. The summed E-state index contributed by atoms with van der Waals surface area (Å²) in [5.41, 5.74) is 6.27. The lowest BCUT2D eigenvalue weighted by atomic mass is 9.85. The second-order valence-electron chi connectivity index (χ2n) is 5.84. The summed E-state index contributed by atoms with van der Waals surface area (Å²) in [6.07, 6.45) is 5.08. The van der Waals surface area contributed by atoms with Crippen molar-refractivity contribution in [3.8, 4) is 0 Å². The summed E-state index contributed by atoms with van der Waals surface area (Å²) in [7, 11) is 0. The van der Waals surface area contributed by atoms with Crippen molar-refractivity contribution in [1.82, 2.24) is 4.98 Å². The Labute approximate surface area is 132 Å². The summed E-state index contributed by atoms with van der Waals surface area (Å²) in [5, 5.41) is 4.48. The van der Waals surface area contributed by atoms with E-state index in [1.165, 1.54) is 0 Å². The molecule has 5 nitrogen and oxygen atoms in total. The maximum atomic E-state index is 12.4. The molecule has 0 unspecified atom stereocenters. The topological polar surface area (TPSA) is 88.0 Å². The number of anilines is 1. The number of benzene rings is 1. The van der Waals surface area contributed by atoms with Crippen molar-refractivity contribution in [2.45, 2.75) is 31.7 Å². The molecule has 1 aromatic carbocycles. The summed E-state index contributed by atoms with van der Waals surface area (Å²) in [5.74, 6) is -0.129. The number of rotatable bonds is 2. The van der Waals surface area contributed by atoms with Crippen molar-refractivity contribution in [3.05, 3.63) is 39.8 Å². The number of halogens is 1. The van der Waals surface area contributed by atoms with Gasteiger partial charge in [0.25, 0.3) is 5.56 Å². The van der Waals surface area contributed by atoms with E-state index in [1.807, 2.05) is 0 Å². The minimum Gasteiger partial charge on any atom is -0.329 e. The first-order chi connectivity index (χ1) is 10.5. The average Bonchev–Trinajstić information content (AvgIpc) is 2.49. The third kappa shape index (κ3) is 3.00. The van der Waals surface area contributed by atoms with Crippen molar-refractivity contribution < 1.29 is 4.79 Å². The number of pyridine rings is 1. The third-order valence-electron chi connectivity index (χ3n) is 4.20. The monoisotopic (exact) mass is 319 g/mol. The Hall–Kier alpha value is -1.85. The normalized spacial score (nSPS) is 21.7. The van der Waals surface area contributed by atoms with Gasteiger partial charge in [0.2, 0.25) is 5.91 Å². The molecular weight excluding hydrogens is 302 g/mol. The van der Waals surface area contributed by atoms with Crippen molar-refractivity contribution in [2.24, 2.45) is 11.7 Å². The van der Waals surface area contributed by atoms with Gasteiger partial charge >= 0.3 is 0 Å². The number of nitrogens with two attached hydrogens (primary N) is 1. The van der Waals surface area contributed by atoms with Gasteiger partial charge in [0.1, 0.15) is 0 Å². The molecule has 0 saturated heterocycles. The van der Waals surface area contributed by atoms with Gasteiger partial charge in [-0.1, -0.05) is 18.0 Å². The van der Waals surface area contributed by atoms with E-state index in [1.54, 1.807) is 24.4 Å². The molecule has 116 valence electrons. The number of fused-ring (bicyclic) bond motifs is 1. The van der Waals surface area contributed by atoms with Crippen molar-refractivity contribution in [3.63, 3.8) is 0 Å². The Bertz CT molecular complexity index is 772. The van der Waals surface area contributed by atoms with E-state index in [0.717, 1.165) is 24.6 Å². The molecule has 22 heavy (non-hydrogen) atoms. The van der Waals surface area contributed by atoms with Crippen LogP contribution in [0.4, 0.5) is 5.69 Å². The highest BCUT2D eigenvalue weighted by Gasteiger charge is 2.25. The number of hydrogen-bond donors (Lipinski definition) is 3. The number of nitrogens with one attached hydrogen (secondary N) is 2. The SMILES string of the molecule is N[C@H]1CCC[C@H](C(=O)Nc2cc3cc[nH]c(=O)c3cc2Cl)C1. The Balaban J connectivity index is 1.86. The molecule has 1 aromatic heterocycles. The largest absolute Gasteiger partial charge is 0.329 e. The number of hydrogen-bond acceptors (Lipinski definition) is 3. The van der Waals surface area contributed by atoms with Gasteiger partial charge in [-0.05, 0) is 42.8 Å². The Morgan fingerprint density at radius 3 is 2.95 bits per heavy atom. The van der Waals surface area contributed by atoms with Crippen molar-refractivity contribution in [2.75, 3.05) is 5.32 Å². The molecule has 2 atom stereocenters. The molecule has 4 N–H and O–H groups in total. The average molecular weight is 320 g/mol. The van der Waals surface area contributed by atoms with Crippen LogP contribution in [0.3, 0.4) is 0 Å². The van der Waals surface area contributed by atoms with Crippen LogP contribution in [-0.2, 0) is 4.79 Å². The second-order valence-corrected chi connectivity index (χ2v) is 6.25. The molecule has 6 heteroatoms. The molecule has 1 aliphatic rings. The molecular formula is C16H18ClN3O2. The number of H-pyrrole nitrogens is 1. The van der Waals surface area contributed by atoms with Crippen molar-refractivity contribution >= 4 is 34.0 Å². The third-order valence-corrected chi connectivity index (χ3v) is 4.52. The minimum atomic E-state index is -0.199. The molecule has 1 amide bonds. The highest BCUT2D eigenvalue weighted by atomic mass is 35.5. The molecule has 1 heterocycles. The number of carbonyl (C=O) groups is 1. The van der Waals surface area contributed by atoms with Crippen LogP contribution in [0.1, 0.15) is 25.7 Å². The fraction of sp³-hybridized carbons (Fsp3) is 0.375. The summed E-state index contributed by atoms with van der Waals surface area (Å²) in [6.45, 7) is 0. The molecule has 0 radical (unpaired) electrons. The zero-order chi connectivity index (χ0) is 15.7. The Kier molecular flexibility index (Phi) is 4.18. The van der Waals surface area contributed by atoms with Crippen LogP contribution in [0.2, 0.25) is 5.02 Å². The van der Waals surface area contributed by atoms with E-state index in [2.05, 4.69) is 10.3 Å². The van der Waals surface area contributed by atoms with Crippen LogP contribution in [0.25, 0.3) is 10.8 Å². The van der Waals surface area contributed by atoms with Gasteiger partial charge in [0, 0.05) is 23.5 Å². The fourth-order valence-corrected chi connectivity index (χ4v) is 3.22. The van der Waals surface area contributed by atoms with Gasteiger partial charge in [-0.15, -0.1) is 0 Å². The van der Waals surface area contributed by atoms with E-state index in [9.17, 15) is 9.59 Å². The number of carbonyl (C=O) groups excluding carboxylic acids is 1. The van der Waals surface area contributed by atoms with E-state index in [0.29, 0.717) is 22.5 Å². The molecule has 0 aliphatic heterocycles. The minimum absolute atomic E-state index is 0.0544. The fourth-order valence-electron chi connectivity index (χ4n) is 3.01. The number of aromatic amines is 1. The lowest BCUT2D eigenvalue weighted by Crippen LogP contribution is -2.34. The molecule has 0 bridgehead atoms. The second kappa shape index (κ2) is 6.10. The van der Waals surface area contributed by atoms with Gasteiger partial charge in [-0.25, -0.2) is 0 Å². The van der Waals surface area contributed by atoms with E-state index >= 15 is 0 Å². The van der Waals surface area contributed by atoms with Crippen LogP contribution in [0.5, 0.6) is 0 Å². The number of aromatic nitrogens is 1. The van der Waals surface area contributed by atoms with Gasteiger partial charge in [-0.2, -0.15) is 0 Å². The maximum Gasteiger partial charge on any atom is 0.255 e. The molecule has 1 saturated carbocycles. The van der Waals surface area contributed by atoms with Crippen LogP contribution < -0.4 is 16.6 Å². The Morgan fingerprint density at radius 2 is 2.18 bits per heavy atom. The summed E-state index contributed by atoms with van der Waals surface area (Å²) < 4.78 is 0. The quantitative estimate of drug-likeness (QED) is 0.795. The first-order valence-electron chi connectivity index (χ1n) is 7.42. The number of amides is 1. The molecule has 1 aliphatic carbocycles. The van der Waals surface area contributed by atoms with Crippen LogP contribution >= 0.6 is 11.6 Å². The highest BCUT2D eigenvalue weighted by Crippen LogP contribution is 2.29. The van der Waals surface area contributed by atoms with Crippen LogP contribution in [0, 0.1) is 5.92 Å². The van der Waals surface area contributed by atoms with Crippen LogP contribution in [-0.4, -0.2) is 16.9 Å². The lowest BCUT2D eigenvalue weighted by Gasteiger charge is -2.25. The van der Waals surface area contributed by atoms with Gasteiger partial charge in [0.05, 0.1) is 10.7 Å². The first-order valence-corrected chi connectivity index (χ1v) is 7.80. The standard InChI is InChI=1S/C16H18ClN3O2/c17-13-8-12-9(4-5-19-16(12)22)7-14(13)20-15(21)10-2-1-3-11(18)6-10/h4-5,7-8,10-11H,1-3,6,18H2,(H,19,22)(H,20,21)/t10-,11-/m0/s1. The molecule has 2 aromatic rings. The highest BCUT2D eigenvalue weighted by molar-refractivity contribution is 6.34. The lowest BCUT2D eigenvalue weighted by molar-refractivity contribution is -0.120. The summed E-state index contributed by atoms with van der Waals surface area (Å²) in [6, 6.07) is 5.18. The van der Waals surface area contributed by atoms with E-state index in [-0.39, 0.29) is 23.4 Å². The molecule has 0 spiro atoms. The van der Waals surface area contributed by atoms with E-state index < -0.39 is 0 Å². The maximum absolute atomic E-state index is 12.4.